The van der Waals surface area contributed by atoms with Gasteiger partial charge in [0, 0.05) is 22.9 Å². The quantitative estimate of drug-likeness (QED) is 0.447. The zero-order valence-corrected chi connectivity index (χ0v) is 17.6. The molecule has 3 aromatic carbocycles. The number of anilines is 4. The van der Waals surface area contributed by atoms with E-state index in [1.165, 1.54) is 0 Å². The van der Waals surface area contributed by atoms with Gasteiger partial charge in [-0.1, -0.05) is 76.2 Å². The second-order valence-corrected chi connectivity index (χ2v) is 7.50. The van der Waals surface area contributed by atoms with Crippen LogP contribution in [0.15, 0.2) is 78.9 Å². The Morgan fingerprint density at radius 1 is 0.759 bits per heavy atom. The molecule has 3 heteroatoms. The molecule has 0 spiro atoms. The van der Waals surface area contributed by atoms with E-state index < -0.39 is 5.67 Å². The molecule has 5 rings (SSSR count). The lowest BCUT2D eigenvalue weighted by atomic mass is 9.75. The Kier molecular flexibility index (Phi) is 5.08. The van der Waals surface area contributed by atoms with Gasteiger partial charge < -0.3 is 9.80 Å². The van der Waals surface area contributed by atoms with Gasteiger partial charge in [0.15, 0.2) is 0 Å². The molecule has 3 atom stereocenters. The lowest BCUT2D eigenvalue weighted by Crippen LogP contribution is -2.53. The topological polar surface area (TPSA) is 6.48 Å². The molecule has 2 nitrogen and oxygen atoms in total. The van der Waals surface area contributed by atoms with E-state index in [4.69, 9.17) is 0 Å². The SMILES string of the molecule is CC.CCC1(F)c2ccccc2N2c3ccccc3N(c3ccccc3)C2C1C. The van der Waals surface area contributed by atoms with E-state index in [2.05, 4.69) is 59.2 Å². The van der Waals surface area contributed by atoms with Gasteiger partial charge in [-0.3, -0.25) is 0 Å². The van der Waals surface area contributed by atoms with Crippen LogP contribution in [0.3, 0.4) is 0 Å². The van der Waals surface area contributed by atoms with Crippen molar-refractivity contribution >= 4 is 22.7 Å². The van der Waals surface area contributed by atoms with Crippen LogP contribution in [0.25, 0.3) is 0 Å². The molecule has 0 amide bonds. The summed E-state index contributed by atoms with van der Waals surface area (Å²) in [5, 5.41) is 0. The molecule has 2 heterocycles. The molecule has 0 saturated carbocycles. The molecule has 0 aliphatic carbocycles. The van der Waals surface area contributed by atoms with Crippen molar-refractivity contribution in [3.63, 3.8) is 0 Å². The van der Waals surface area contributed by atoms with Crippen molar-refractivity contribution in [3.05, 3.63) is 84.4 Å². The van der Waals surface area contributed by atoms with Crippen molar-refractivity contribution in [2.75, 3.05) is 9.80 Å². The number of halogens is 1. The van der Waals surface area contributed by atoms with Crippen molar-refractivity contribution in [2.45, 2.75) is 46.0 Å². The number of alkyl halides is 1. The van der Waals surface area contributed by atoms with Crippen molar-refractivity contribution in [2.24, 2.45) is 5.92 Å². The summed E-state index contributed by atoms with van der Waals surface area (Å²) in [7, 11) is 0. The van der Waals surface area contributed by atoms with Crippen molar-refractivity contribution in [3.8, 4) is 0 Å². The fourth-order valence-corrected chi connectivity index (χ4v) is 4.90. The molecule has 0 fully saturated rings. The van der Waals surface area contributed by atoms with Crippen LogP contribution in [0.1, 0.15) is 39.7 Å². The van der Waals surface area contributed by atoms with E-state index in [-0.39, 0.29) is 12.1 Å². The van der Waals surface area contributed by atoms with Gasteiger partial charge >= 0.3 is 0 Å². The van der Waals surface area contributed by atoms with Gasteiger partial charge in [-0.2, -0.15) is 0 Å². The van der Waals surface area contributed by atoms with Crippen LogP contribution in [0, 0.1) is 5.92 Å². The average molecular weight is 389 g/mol. The second kappa shape index (κ2) is 7.55. The van der Waals surface area contributed by atoms with Crippen LogP contribution in [-0.4, -0.2) is 6.17 Å². The number of fused-ring (bicyclic) bond motifs is 5. The molecule has 0 N–H and O–H groups in total. The summed E-state index contributed by atoms with van der Waals surface area (Å²) >= 11 is 0. The van der Waals surface area contributed by atoms with Crippen LogP contribution >= 0.6 is 0 Å². The molecule has 2 aliphatic heterocycles. The maximum Gasteiger partial charge on any atom is 0.144 e. The first-order chi connectivity index (χ1) is 14.2. The Balaban J connectivity index is 0.000000994. The number of rotatable bonds is 2. The maximum absolute atomic E-state index is 16.4. The molecular weight excluding hydrogens is 359 g/mol. The zero-order chi connectivity index (χ0) is 20.6. The van der Waals surface area contributed by atoms with Gasteiger partial charge in [-0.15, -0.1) is 0 Å². The van der Waals surface area contributed by atoms with Crippen molar-refractivity contribution in [1.82, 2.24) is 0 Å². The highest BCUT2D eigenvalue weighted by atomic mass is 19.1. The van der Waals surface area contributed by atoms with E-state index >= 15 is 4.39 Å². The number of hydrogen-bond donors (Lipinski definition) is 0. The Morgan fingerprint density at radius 2 is 1.28 bits per heavy atom. The van der Waals surface area contributed by atoms with Gasteiger partial charge in [-0.25, -0.2) is 4.39 Å². The third-order valence-corrected chi connectivity index (χ3v) is 6.26. The fraction of sp³-hybridized carbons (Fsp3) is 0.308. The van der Waals surface area contributed by atoms with Gasteiger partial charge in [0.1, 0.15) is 11.8 Å². The van der Waals surface area contributed by atoms with E-state index in [0.29, 0.717) is 6.42 Å². The number of hydrogen-bond acceptors (Lipinski definition) is 2. The molecule has 0 saturated heterocycles. The van der Waals surface area contributed by atoms with Gasteiger partial charge in [-0.05, 0) is 36.8 Å². The highest BCUT2D eigenvalue weighted by Gasteiger charge is 2.54. The fourth-order valence-electron chi connectivity index (χ4n) is 4.90. The van der Waals surface area contributed by atoms with Gasteiger partial charge in [0.2, 0.25) is 0 Å². The molecule has 3 unspecified atom stereocenters. The van der Waals surface area contributed by atoms with E-state index in [0.717, 1.165) is 28.3 Å². The largest absolute Gasteiger partial charge is 0.318 e. The summed E-state index contributed by atoms with van der Waals surface area (Å²) in [5.41, 5.74) is 3.81. The third kappa shape index (κ3) is 2.75. The van der Waals surface area contributed by atoms with Crippen molar-refractivity contribution < 1.29 is 4.39 Å². The molecule has 29 heavy (non-hydrogen) atoms. The van der Waals surface area contributed by atoms with Gasteiger partial charge in [0.05, 0.1) is 11.4 Å². The standard InChI is InChI=1S/C24H23FN2.C2H6/c1-3-24(25)17(2)23-26(18-11-5-4-6-12-18)21-15-9-10-16-22(21)27(23)20-14-8-7-13-19(20)24;1-2/h4-17,23H,3H2,1-2H3;1-2H3. The minimum absolute atomic E-state index is 0.0929. The molecule has 3 aromatic rings. The molecule has 0 bridgehead atoms. The number of benzene rings is 3. The highest BCUT2D eigenvalue weighted by Crippen LogP contribution is 2.58. The predicted octanol–water partition coefficient (Wildman–Crippen LogP) is 7.55. The normalized spacial score (nSPS) is 24.2. The first-order valence-corrected chi connectivity index (χ1v) is 10.7. The smallest absolute Gasteiger partial charge is 0.144 e. The summed E-state index contributed by atoms with van der Waals surface area (Å²) in [5.74, 6) is -0.190. The third-order valence-electron chi connectivity index (χ3n) is 6.26. The second-order valence-electron chi connectivity index (χ2n) is 7.50. The molecule has 0 radical (unpaired) electrons. The molecule has 0 aromatic heterocycles. The van der Waals surface area contributed by atoms with Crippen LogP contribution < -0.4 is 9.80 Å². The van der Waals surface area contributed by atoms with Crippen LogP contribution in [0.5, 0.6) is 0 Å². The van der Waals surface area contributed by atoms with E-state index in [9.17, 15) is 0 Å². The van der Waals surface area contributed by atoms with Crippen LogP contribution in [0.4, 0.5) is 27.1 Å². The van der Waals surface area contributed by atoms with E-state index in [1.807, 2.05) is 57.2 Å². The molecule has 150 valence electrons. The minimum atomic E-state index is -1.35. The summed E-state index contributed by atoms with van der Waals surface area (Å²) in [6, 6.07) is 26.7. The van der Waals surface area contributed by atoms with Crippen molar-refractivity contribution in [1.29, 1.82) is 0 Å². The summed E-state index contributed by atoms with van der Waals surface area (Å²) in [6.45, 7) is 8.01. The Morgan fingerprint density at radius 3 is 1.90 bits per heavy atom. The highest BCUT2D eigenvalue weighted by molar-refractivity contribution is 5.90. The average Bonchev–Trinajstić information content (AvgIpc) is 3.15. The Bertz CT molecular complexity index is 987. The predicted molar refractivity (Wildman–Crippen MR) is 121 cm³/mol. The molecule has 2 aliphatic rings. The Labute approximate surface area is 173 Å². The number of para-hydroxylation sites is 4. The first kappa shape index (κ1) is 19.5. The monoisotopic (exact) mass is 388 g/mol. The van der Waals surface area contributed by atoms with Crippen LogP contribution in [-0.2, 0) is 5.67 Å². The number of nitrogens with zero attached hydrogens (tertiary/aromatic N) is 2. The lowest BCUT2D eigenvalue weighted by Gasteiger charge is -2.48. The maximum atomic E-state index is 16.4. The lowest BCUT2D eigenvalue weighted by molar-refractivity contribution is 0.0621. The zero-order valence-electron chi connectivity index (χ0n) is 17.6. The Hall–Kier alpha value is -2.81. The summed E-state index contributed by atoms with van der Waals surface area (Å²) < 4.78 is 16.4. The molecular formula is C26H29FN2. The van der Waals surface area contributed by atoms with Gasteiger partial charge in [0.25, 0.3) is 0 Å². The minimum Gasteiger partial charge on any atom is -0.318 e. The summed E-state index contributed by atoms with van der Waals surface area (Å²) in [6.07, 6.45) is 0.374. The summed E-state index contributed by atoms with van der Waals surface area (Å²) in [4.78, 5) is 4.63. The van der Waals surface area contributed by atoms with E-state index in [1.54, 1.807) is 0 Å². The first-order valence-electron chi connectivity index (χ1n) is 10.7. The van der Waals surface area contributed by atoms with Crippen LogP contribution in [0.2, 0.25) is 0 Å².